The summed E-state index contributed by atoms with van der Waals surface area (Å²) in [6.07, 6.45) is 0. The molecular formula is C22H20N4O6. The number of carbonyl (C=O) groups excluding carboxylic acids is 1. The van der Waals surface area contributed by atoms with Crippen molar-refractivity contribution >= 4 is 33.6 Å². The summed E-state index contributed by atoms with van der Waals surface area (Å²) in [6.45, 7) is 5.29. The van der Waals surface area contributed by atoms with Gasteiger partial charge in [0.15, 0.2) is 0 Å². The number of nitro benzene ring substituents is 1. The second kappa shape index (κ2) is 7.49. The molecule has 10 heteroatoms. The number of esters is 1. The third-order valence-corrected chi connectivity index (χ3v) is 4.86. The molecule has 0 fully saturated rings. The molecule has 0 atom stereocenters. The fraction of sp³-hybridized carbons (Fsp3) is 0.227. The van der Waals surface area contributed by atoms with Crippen LogP contribution in [0.25, 0.3) is 21.9 Å². The Bertz CT molecular complexity index is 1500. The molecule has 32 heavy (non-hydrogen) atoms. The van der Waals surface area contributed by atoms with Gasteiger partial charge in [0.1, 0.15) is 11.3 Å². The van der Waals surface area contributed by atoms with Crippen molar-refractivity contribution in [3.8, 4) is 0 Å². The van der Waals surface area contributed by atoms with Gasteiger partial charge in [-0.3, -0.25) is 19.7 Å². The van der Waals surface area contributed by atoms with Gasteiger partial charge in [-0.15, -0.1) is 0 Å². The Labute approximate surface area is 180 Å². The maximum Gasteiger partial charge on any atom is 0.355 e. The molecule has 0 amide bonds. The molecule has 0 aliphatic heterocycles. The molecular weight excluding hydrogens is 416 g/mol. The van der Waals surface area contributed by atoms with Crippen LogP contribution in [0, 0.1) is 10.1 Å². The summed E-state index contributed by atoms with van der Waals surface area (Å²) in [4.78, 5) is 52.3. The maximum atomic E-state index is 12.9. The number of aromatic nitrogens is 3. The number of fused-ring (bicyclic) bond motifs is 2. The number of ether oxygens (including phenoxy) is 1. The molecule has 2 N–H and O–H groups in total. The van der Waals surface area contributed by atoms with Crippen LogP contribution < -0.4 is 11.1 Å². The molecule has 0 saturated carbocycles. The number of hydrogen-bond donors (Lipinski definition) is 2. The van der Waals surface area contributed by atoms with Crippen LogP contribution in [0.2, 0.25) is 0 Å². The van der Waals surface area contributed by atoms with E-state index in [1.807, 2.05) is 24.3 Å². The van der Waals surface area contributed by atoms with E-state index in [0.29, 0.717) is 11.1 Å². The van der Waals surface area contributed by atoms with Crippen molar-refractivity contribution < 1.29 is 14.5 Å². The van der Waals surface area contributed by atoms with Gasteiger partial charge in [0, 0.05) is 28.6 Å². The minimum absolute atomic E-state index is 0.0161. The Kier molecular flexibility index (Phi) is 4.92. The Morgan fingerprint density at radius 2 is 1.78 bits per heavy atom. The molecule has 2 aromatic carbocycles. The predicted octanol–water partition coefficient (Wildman–Crippen LogP) is 3.08. The van der Waals surface area contributed by atoms with E-state index in [1.54, 1.807) is 31.4 Å². The number of nitro groups is 1. The number of nitrogens with one attached hydrogen (secondary N) is 2. The highest BCUT2D eigenvalue weighted by Crippen LogP contribution is 2.27. The highest BCUT2D eigenvalue weighted by Gasteiger charge is 2.24. The molecule has 0 aliphatic rings. The molecule has 0 radical (unpaired) electrons. The number of rotatable bonds is 4. The van der Waals surface area contributed by atoms with Crippen molar-refractivity contribution in [2.24, 2.45) is 0 Å². The largest absolute Gasteiger partial charge is 0.455 e. The molecule has 2 heterocycles. The van der Waals surface area contributed by atoms with E-state index in [-0.39, 0.29) is 29.0 Å². The number of hydrogen-bond acceptors (Lipinski definition) is 6. The molecule has 4 rings (SSSR count). The van der Waals surface area contributed by atoms with E-state index in [4.69, 9.17) is 4.74 Å². The third-order valence-electron chi connectivity index (χ3n) is 4.86. The lowest BCUT2D eigenvalue weighted by atomic mass is 10.1. The summed E-state index contributed by atoms with van der Waals surface area (Å²) in [5.41, 5.74) is -1.09. The highest BCUT2D eigenvalue weighted by atomic mass is 16.6. The van der Waals surface area contributed by atoms with E-state index < -0.39 is 27.6 Å². The quantitative estimate of drug-likeness (QED) is 0.218. The lowest BCUT2D eigenvalue weighted by Crippen LogP contribution is -2.29. The van der Waals surface area contributed by atoms with E-state index in [9.17, 15) is 24.5 Å². The van der Waals surface area contributed by atoms with Gasteiger partial charge in [-0.05, 0) is 32.9 Å². The van der Waals surface area contributed by atoms with Gasteiger partial charge in [0.2, 0.25) is 0 Å². The minimum atomic E-state index is -0.912. The zero-order chi connectivity index (χ0) is 23.2. The standard InChI is InChI=1S/C22H20N4O6/c1-22(2,3)32-21(29)17-9-12-6-4-5-7-16(12)25(17)11-13-8-14(26(30)31)10-15-18(13)24-20(28)19(27)23-15/h4-10H,11H2,1-3H3,(H,23,27)(H,24,28). The number of H-pyrrole nitrogens is 2. The van der Waals surface area contributed by atoms with E-state index in [2.05, 4.69) is 9.97 Å². The molecule has 2 aromatic heterocycles. The first-order valence-corrected chi connectivity index (χ1v) is 9.79. The third kappa shape index (κ3) is 3.89. The van der Waals surface area contributed by atoms with Crippen LogP contribution in [0.4, 0.5) is 5.69 Å². The highest BCUT2D eigenvalue weighted by molar-refractivity contribution is 5.96. The first-order chi connectivity index (χ1) is 15.0. The SMILES string of the molecule is CC(C)(C)OC(=O)c1cc2ccccc2n1Cc1cc([N+](=O)[O-])cc2[nH]c(=O)c(=O)[nH]c12. The first-order valence-electron chi connectivity index (χ1n) is 9.79. The summed E-state index contributed by atoms with van der Waals surface area (Å²) >= 11 is 0. The normalized spacial score (nSPS) is 11.7. The van der Waals surface area contributed by atoms with Gasteiger partial charge in [-0.2, -0.15) is 0 Å². The number of aromatic amines is 2. The van der Waals surface area contributed by atoms with Crippen molar-refractivity contribution in [1.82, 2.24) is 14.5 Å². The second-order valence-corrected chi connectivity index (χ2v) is 8.37. The fourth-order valence-electron chi connectivity index (χ4n) is 3.56. The van der Waals surface area contributed by atoms with Crippen LogP contribution in [-0.2, 0) is 11.3 Å². The molecule has 0 spiro atoms. The van der Waals surface area contributed by atoms with Crippen molar-refractivity contribution in [1.29, 1.82) is 0 Å². The maximum absolute atomic E-state index is 12.9. The Balaban J connectivity index is 1.95. The summed E-state index contributed by atoms with van der Waals surface area (Å²) in [5, 5.41) is 12.2. The van der Waals surface area contributed by atoms with E-state index in [1.165, 1.54) is 12.1 Å². The summed E-state index contributed by atoms with van der Waals surface area (Å²) in [6, 6.07) is 11.5. The molecule has 10 nitrogen and oxygen atoms in total. The van der Waals surface area contributed by atoms with Crippen LogP contribution in [0.1, 0.15) is 36.8 Å². The van der Waals surface area contributed by atoms with Crippen molar-refractivity contribution in [3.05, 3.63) is 84.5 Å². The number of benzene rings is 2. The van der Waals surface area contributed by atoms with Gasteiger partial charge >= 0.3 is 17.1 Å². The smallest absolute Gasteiger partial charge is 0.355 e. The summed E-state index contributed by atoms with van der Waals surface area (Å²) < 4.78 is 7.21. The molecule has 0 aliphatic carbocycles. The number of non-ortho nitro benzene ring substituents is 1. The van der Waals surface area contributed by atoms with Gasteiger partial charge < -0.3 is 19.3 Å². The van der Waals surface area contributed by atoms with Crippen LogP contribution in [0.15, 0.2) is 52.1 Å². The monoisotopic (exact) mass is 436 g/mol. The van der Waals surface area contributed by atoms with Gasteiger partial charge in [0.05, 0.1) is 22.5 Å². The number of carbonyl (C=O) groups is 1. The molecule has 0 unspecified atom stereocenters. The van der Waals surface area contributed by atoms with Gasteiger partial charge in [-0.1, -0.05) is 18.2 Å². The minimum Gasteiger partial charge on any atom is -0.455 e. The lowest BCUT2D eigenvalue weighted by molar-refractivity contribution is -0.384. The van der Waals surface area contributed by atoms with Crippen LogP contribution in [0.3, 0.4) is 0 Å². The summed E-state index contributed by atoms with van der Waals surface area (Å²) in [7, 11) is 0. The number of nitrogens with zero attached hydrogens (tertiary/aromatic N) is 2. The molecule has 0 bridgehead atoms. The summed E-state index contributed by atoms with van der Waals surface area (Å²) in [5.74, 6) is -0.551. The zero-order valence-corrected chi connectivity index (χ0v) is 17.6. The van der Waals surface area contributed by atoms with Crippen LogP contribution in [0.5, 0.6) is 0 Å². The zero-order valence-electron chi connectivity index (χ0n) is 17.6. The topological polar surface area (TPSA) is 140 Å². The van der Waals surface area contributed by atoms with Crippen molar-refractivity contribution in [2.45, 2.75) is 32.9 Å². The Morgan fingerprint density at radius 3 is 2.47 bits per heavy atom. The average Bonchev–Trinajstić information content (AvgIpc) is 3.06. The first kappa shape index (κ1) is 21.0. The van der Waals surface area contributed by atoms with Crippen LogP contribution in [-0.4, -0.2) is 31.0 Å². The van der Waals surface area contributed by atoms with Crippen molar-refractivity contribution in [2.75, 3.05) is 0 Å². The molecule has 164 valence electrons. The Hall–Kier alpha value is -4.21. The molecule has 4 aromatic rings. The van der Waals surface area contributed by atoms with E-state index >= 15 is 0 Å². The predicted molar refractivity (Wildman–Crippen MR) is 118 cm³/mol. The van der Waals surface area contributed by atoms with Crippen molar-refractivity contribution in [3.63, 3.8) is 0 Å². The second-order valence-electron chi connectivity index (χ2n) is 8.37. The van der Waals surface area contributed by atoms with E-state index in [0.717, 1.165) is 5.39 Å². The molecule has 0 saturated heterocycles. The Morgan fingerprint density at radius 1 is 1.09 bits per heavy atom. The average molecular weight is 436 g/mol. The van der Waals surface area contributed by atoms with Crippen LogP contribution >= 0.6 is 0 Å². The fourth-order valence-corrected chi connectivity index (χ4v) is 3.56. The number of para-hydroxylation sites is 1. The van der Waals surface area contributed by atoms with Gasteiger partial charge in [-0.25, -0.2) is 4.79 Å². The lowest BCUT2D eigenvalue weighted by Gasteiger charge is -2.20. The van der Waals surface area contributed by atoms with Gasteiger partial charge in [0.25, 0.3) is 5.69 Å².